The van der Waals surface area contributed by atoms with Gasteiger partial charge in [0.05, 0.1) is 25.4 Å². The lowest BCUT2D eigenvalue weighted by Crippen LogP contribution is -2.60. The van der Waals surface area contributed by atoms with E-state index in [0.29, 0.717) is 6.42 Å². The van der Waals surface area contributed by atoms with E-state index in [0.717, 1.165) is 64.2 Å². The lowest BCUT2D eigenvalue weighted by molar-refractivity contribution is -0.302. The molecule has 1 aliphatic heterocycles. The van der Waals surface area contributed by atoms with Crippen LogP contribution in [-0.4, -0.2) is 87.5 Å². The number of carbonyl (C=O) groups excluding carboxylic acids is 1. The molecule has 1 amide bonds. The molecule has 0 aromatic carbocycles. The Bertz CT molecular complexity index is 1360. The molecule has 6 N–H and O–H groups in total. The zero-order chi connectivity index (χ0) is 54.3. The molecule has 9 nitrogen and oxygen atoms in total. The van der Waals surface area contributed by atoms with Gasteiger partial charge in [0.25, 0.3) is 0 Å². The zero-order valence-corrected chi connectivity index (χ0v) is 48.8. The zero-order valence-electron chi connectivity index (χ0n) is 48.8. The molecule has 1 rings (SSSR count). The van der Waals surface area contributed by atoms with Crippen molar-refractivity contribution in [2.24, 2.45) is 0 Å². The highest BCUT2D eigenvalue weighted by molar-refractivity contribution is 5.76. The standard InChI is InChI=1S/C66H121NO8/c1-3-5-7-9-11-13-15-16-17-18-19-20-21-22-23-24-25-26-27-28-29-30-31-32-33-34-35-36-37-38-39-40-41-42-43-44-46-48-50-52-54-56-62(70)67-59(58-74-66-65(73)64(72)63(71)61(57-68)75-66)60(69)55-53-51-49-47-45-14-12-10-8-6-4-2/h8,10,15-16,18-19,45,47,53,55,59-61,63-66,68-69,71-73H,3-7,9,11-14,17,20-44,46,48-52,54,56-58H2,1-2H3,(H,67,70)/b10-8+,16-15-,19-18-,47-45+,55-53+. The Labute approximate surface area is 462 Å². The van der Waals surface area contributed by atoms with Crippen LogP contribution in [0.2, 0.25) is 0 Å². The third-order valence-electron chi connectivity index (χ3n) is 15.0. The SMILES string of the molecule is CCC/C=C/CC/C=C/CC/C=C/C(O)C(COC1OC(CO)C(O)C(O)C1O)NC(=O)CCCCCCCCCCCCCCCCCCCCCCCCCCCCCCC/C=C\C/C=C\CCCCCCC. The molecule has 9 heteroatoms. The van der Waals surface area contributed by atoms with E-state index in [4.69, 9.17) is 9.47 Å². The van der Waals surface area contributed by atoms with Crippen LogP contribution in [0.3, 0.4) is 0 Å². The largest absolute Gasteiger partial charge is 0.394 e. The lowest BCUT2D eigenvalue weighted by Gasteiger charge is -2.40. The maximum Gasteiger partial charge on any atom is 0.220 e. The molecule has 0 aliphatic carbocycles. The number of nitrogens with one attached hydrogen (secondary N) is 1. The van der Waals surface area contributed by atoms with Crippen molar-refractivity contribution < 1.29 is 39.8 Å². The minimum Gasteiger partial charge on any atom is -0.394 e. The van der Waals surface area contributed by atoms with Crippen LogP contribution in [0, 0.1) is 0 Å². The Hall–Kier alpha value is -2.11. The summed E-state index contributed by atoms with van der Waals surface area (Å²) in [6, 6.07) is -0.826. The topological polar surface area (TPSA) is 149 Å². The molecule has 0 aromatic heterocycles. The molecule has 1 saturated heterocycles. The number of rotatable bonds is 55. The molecular formula is C66H121NO8. The third kappa shape index (κ3) is 44.4. The number of aliphatic hydroxyl groups excluding tert-OH is 5. The number of aliphatic hydroxyl groups is 5. The summed E-state index contributed by atoms with van der Waals surface area (Å²) in [5.41, 5.74) is 0. The van der Waals surface area contributed by atoms with Crippen LogP contribution in [0.1, 0.15) is 296 Å². The van der Waals surface area contributed by atoms with Gasteiger partial charge in [0.15, 0.2) is 6.29 Å². The van der Waals surface area contributed by atoms with Gasteiger partial charge in [-0.25, -0.2) is 0 Å². The Morgan fingerprint density at radius 2 is 0.827 bits per heavy atom. The van der Waals surface area contributed by atoms with E-state index in [9.17, 15) is 30.3 Å². The van der Waals surface area contributed by atoms with Crippen LogP contribution < -0.4 is 5.32 Å². The maximum absolute atomic E-state index is 13.0. The van der Waals surface area contributed by atoms with E-state index in [1.807, 2.05) is 6.08 Å². The van der Waals surface area contributed by atoms with Crippen molar-refractivity contribution in [3.8, 4) is 0 Å². The van der Waals surface area contributed by atoms with Crippen LogP contribution in [0.5, 0.6) is 0 Å². The second-order valence-electron chi connectivity index (χ2n) is 22.2. The molecule has 0 radical (unpaired) electrons. The molecule has 1 aliphatic rings. The summed E-state index contributed by atoms with van der Waals surface area (Å²) in [4.78, 5) is 13.0. The number of amides is 1. The number of hydrogen-bond acceptors (Lipinski definition) is 8. The van der Waals surface area contributed by atoms with E-state index < -0.39 is 49.5 Å². The van der Waals surface area contributed by atoms with Crippen molar-refractivity contribution in [2.75, 3.05) is 13.2 Å². The summed E-state index contributed by atoms with van der Waals surface area (Å²) >= 11 is 0. The summed E-state index contributed by atoms with van der Waals surface area (Å²) < 4.78 is 11.2. The first kappa shape index (κ1) is 70.9. The first-order chi connectivity index (χ1) is 36.8. The Morgan fingerprint density at radius 3 is 1.24 bits per heavy atom. The van der Waals surface area contributed by atoms with Gasteiger partial charge >= 0.3 is 0 Å². The first-order valence-electron chi connectivity index (χ1n) is 32.0. The van der Waals surface area contributed by atoms with Gasteiger partial charge in [-0.3, -0.25) is 4.79 Å². The molecule has 1 fully saturated rings. The van der Waals surface area contributed by atoms with Crippen molar-refractivity contribution in [1.29, 1.82) is 0 Å². The molecule has 1 heterocycles. The van der Waals surface area contributed by atoms with Gasteiger partial charge < -0.3 is 40.3 Å². The molecule has 0 spiro atoms. The molecule has 0 saturated carbocycles. The van der Waals surface area contributed by atoms with E-state index in [2.05, 4.69) is 67.8 Å². The van der Waals surface area contributed by atoms with Gasteiger partial charge in [-0.1, -0.05) is 280 Å². The number of hydrogen-bond donors (Lipinski definition) is 6. The van der Waals surface area contributed by atoms with Crippen LogP contribution in [-0.2, 0) is 14.3 Å². The molecule has 438 valence electrons. The van der Waals surface area contributed by atoms with Crippen molar-refractivity contribution in [3.05, 3.63) is 60.8 Å². The van der Waals surface area contributed by atoms with Crippen LogP contribution >= 0.6 is 0 Å². The predicted molar refractivity (Wildman–Crippen MR) is 318 cm³/mol. The number of ether oxygens (including phenoxy) is 2. The number of allylic oxidation sites excluding steroid dienone is 9. The Balaban J connectivity index is 1.99. The van der Waals surface area contributed by atoms with Crippen LogP contribution in [0.4, 0.5) is 0 Å². The monoisotopic (exact) mass is 1060 g/mol. The smallest absolute Gasteiger partial charge is 0.220 e. The van der Waals surface area contributed by atoms with E-state index >= 15 is 0 Å². The van der Waals surface area contributed by atoms with Gasteiger partial charge in [-0.05, 0) is 70.6 Å². The van der Waals surface area contributed by atoms with Crippen molar-refractivity contribution in [2.45, 2.75) is 339 Å². The second kappa shape index (κ2) is 55.2. The fraction of sp³-hybridized carbons (Fsp3) is 0.833. The van der Waals surface area contributed by atoms with Gasteiger partial charge in [-0.2, -0.15) is 0 Å². The normalized spacial score (nSPS) is 19.3. The van der Waals surface area contributed by atoms with E-state index in [1.54, 1.807) is 6.08 Å². The molecule has 75 heavy (non-hydrogen) atoms. The fourth-order valence-electron chi connectivity index (χ4n) is 9.99. The number of unbranched alkanes of at least 4 members (excludes halogenated alkanes) is 37. The molecule has 7 unspecified atom stereocenters. The molecule has 7 atom stereocenters. The minimum atomic E-state index is -1.57. The summed E-state index contributed by atoms with van der Waals surface area (Å²) in [5, 5.41) is 54.3. The third-order valence-corrected chi connectivity index (χ3v) is 15.0. The molecule has 0 bridgehead atoms. The van der Waals surface area contributed by atoms with Gasteiger partial charge in [0, 0.05) is 6.42 Å². The van der Waals surface area contributed by atoms with Gasteiger partial charge in [-0.15, -0.1) is 0 Å². The highest BCUT2D eigenvalue weighted by atomic mass is 16.7. The Morgan fingerprint density at radius 1 is 0.453 bits per heavy atom. The molecular weight excluding hydrogens is 935 g/mol. The summed E-state index contributed by atoms with van der Waals surface area (Å²) in [6.45, 7) is 3.68. The Kier molecular flexibility index (Phi) is 52.2. The lowest BCUT2D eigenvalue weighted by atomic mass is 9.99. The van der Waals surface area contributed by atoms with Crippen molar-refractivity contribution >= 4 is 5.91 Å². The first-order valence-corrected chi connectivity index (χ1v) is 32.0. The van der Waals surface area contributed by atoms with Gasteiger partial charge in [0.1, 0.15) is 24.4 Å². The molecule has 0 aromatic rings. The summed E-state index contributed by atoms with van der Waals surface area (Å²) in [5.74, 6) is -0.189. The van der Waals surface area contributed by atoms with Crippen molar-refractivity contribution in [3.63, 3.8) is 0 Å². The fourth-order valence-corrected chi connectivity index (χ4v) is 9.99. The second-order valence-corrected chi connectivity index (χ2v) is 22.2. The summed E-state index contributed by atoms with van der Waals surface area (Å²) in [7, 11) is 0. The summed E-state index contributed by atoms with van der Waals surface area (Å²) in [6.07, 6.45) is 69.3. The van der Waals surface area contributed by atoms with Crippen LogP contribution in [0.15, 0.2) is 60.8 Å². The van der Waals surface area contributed by atoms with Gasteiger partial charge in [0.2, 0.25) is 5.91 Å². The highest BCUT2D eigenvalue weighted by Gasteiger charge is 2.44. The number of carbonyl (C=O) groups is 1. The minimum absolute atomic E-state index is 0.189. The van der Waals surface area contributed by atoms with E-state index in [-0.39, 0.29) is 12.5 Å². The predicted octanol–water partition coefficient (Wildman–Crippen LogP) is 16.6. The average molecular weight is 1060 g/mol. The average Bonchev–Trinajstić information content (AvgIpc) is 3.41. The quantitative estimate of drug-likeness (QED) is 0.0261. The maximum atomic E-state index is 13.0. The van der Waals surface area contributed by atoms with Crippen LogP contribution in [0.25, 0.3) is 0 Å². The highest BCUT2D eigenvalue weighted by Crippen LogP contribution is 2.23. The van der Waals surface area contributed by atoms with E-state index in [1.165, 1.54) is 212 Å². The van der Waals surface area contributed by atoms with Crippen molar-refractivity contribution in [1.82, 2.24) is 5.32 Å².